The van der Waals surface area contributed by atoms with Gasteiger partial charge >= 0.3 is 5.97 Å². The molecule has 3 unspecified atom stereocenters. The third-order valence-corrected chi connectivity index (χ3v) is 3.95. The van der Waals surface area contributed by atoms with E-state index < -0.39 is 5.97 Å². The molecule has 6 nitrogen and oxygen atoms in total. The highest BCUT2D eigenvalue weighted by Crippen LogP contribution is 2.20. The van der Waals surface area contributed by atoms with Gasteiger partial charge in [0.2, 0.25) is 5.91 Å². The molecular formula is C14H26N2O4. The topological polar surface area (TPSA) is 102 Å². The highest BCUT2D eigenvalue weighted by molar-refractivity contribution is 5.79. The molecular weight excluding hydrogens is 260 g/mol. The Hall–Kier alpha value is -1.14. The highest BCUT2D eigenvalue weighted by atomic mass is 16.5. The van der Waals surface area contributed by atoms with Crippen molar-refractivity contribution in [3.8, 4) is 0 Å². The van der Waals surface area contributed by atoms with Gasteiger partial charge in [-0.1, -0.05) is 13.8 Å². The molecule has 1 fully saturated rings. The first-order valence-electron chi connectivity index (χ1n) is 7.24. The fourth-order valence-electron chi connectivity index (χ4n) is 2.47. The number of nitrogens with one attached hydrogen (secondary N) is 1. The SMILES string of the molecule is CC(C)C(CCNC(=O)C1COCC1N)CCC(=O)O. The smallest absolute Gasteiger partial charge is 0.303 e. The first-order valence-corrected chi connectivity index (χ1v) is 7.24. The summed E-state index contributed by atoms with van der Waals surface area (Å²) < 4.78 is 5.17. The summed E-state index contributed by atoms with van der Waals surface area (Å²) in [4.78, 5) is 22.5. The lowest BCUT2D eigenvalue weighted by Crippen LogP contribution is -2.41. The van der Waals surface area contributed by atoms with Crippen molar-refractivity contribution in [3.05, 3.63) is 0 Å². The number of ether oxygens (including phenoxy) is 1. The van der Waals surface area contributed by atoms with E-state index in [0.717, 1.165) is 6.42 Å². The molecule has 0 aliphatic carbocycles. The zero-order chi connectivity index (χ0) is 15.1. The summed E-state index contributed by atoms with van der Waals surface area (Å²) in [5.74, 6) is -0.376. The highest BCUT2D eigenvalue weighted by Gasteiger charge is 2.31. The second-order valence-corrected chi connectivity index (χ2v) is 5.82. The van der Waals surface area contributed by atoms with Crippen molar-refractivity contribution < 1.29 is 19.4 Å². The Kier molecular flexibility index (Phi) is 6.95. The Morgan fingerprint density at radius 3 is 2.55 bits per heavy atom. The Balaban J connectivity index is 2.29. The Bertz CT molecular complexity index is 333. The molecule has 0 bridgehead atoms. The van der Waals surface area contributed by atoms with Crippen LogP contribution in [0.15, 0.2) is 0 Å². The molecule has 4 N–H and O–H groups in total. The number of amides is 1. The number of carbonyl (C=O) groups is 2. The van der Waals surface area contributed by atoms with Gasteiger partial charge in [0.1, 0.15) is 0 Å². The van der Waals surface area contributed by atoms with Crippen LogP contribution >= 0.6 is 0 Å². The number of hydrogen-bond donors (Lipinski definition) is 3. The summed E-state index contributed by atoms with van der Waals surface area (Å²) in [6, 6.07) is -0.220. The summed E-state index contributed by atoms with van der Waals surface area (Å²) in [7, 11) is 0. The van der Waals surface area contributed by atoms with Crippen molar-refractivity contribution in [1.82, 2.24) is 5.32 Å². The molecule has 0 aromatic heterocycles. The fraction of sp³-hybridized carbons (Fsp3) is 0.857. The molecule has 1 saturated heterocycles. The molecule has 0 aromatic rings. The lowest BCUT2D eigenvalue weighted by molar-refractivity contribution is -0.137. The van der Waals surface area contributed by atoms with Crippen LogP contribution < -0.4 is 11.1 Å². The van der Waals surface area contributed by atoms with E-state index in [0.29, 0.717) is 38.0 Å². The van der Waals surface area contributed by atoms with Crippen LogP contribution in [0.4, 0.5) is 0 Å². The maximum absolute atomic E-state index is 11.9. The minimum absolute atomic E-state index is 0.0595. The third-order valence-electron chi connectivity index (χ3n) is 3.95. The van der Waals surface area contributed by atoms with Gasteiger partial charge in [-0.05, 0) is 24.7 Å². The minimum atomic E-state index is -0.770. The summed E-state index contributed by atoms with van der Waals surface area (Å²) in [6.45, 7) is 5.54. The third kappa shape index (κ3) is 5.46. The minimum Gasteiger partial charge on any atom is -0.481 e. The number of hydrogen-bond acceptors (Lipinski definition) is 4. The lowest BCUT2D eigenvalue weighted by Gasteiger charge is -2.21. The van der Waals surface area contributed by atoms with Crippen molar-refractivity contribution in [2.24, 2.45) is 23.5 Å². The molecule has 0 spiro atoms. The maximum Gasteiger partial charge on any atom is 0.303 e. The number of carboxylic acid groups (broad SMARTS) is 1. The number of rotatable bonds is 8. The average molecular weight is 286 g/mol. The monoisotopic (exact) mass is 286 g/mol. The van der Waals surface area contributed by atoms with Gasteiger partial charge in [-0.25, -0.2) is 0 Å². The predicted molar refractivity (Wildman–Crippen MR) is 75.1 cm³/mol. The summed E-state index contributed by atoms with van der Waals surface area (Å²) in [5.41, 5.74) is 5.79. The van der Waals surface area contributed by atoms with Crippen LogP contribution in [-0.4, -0.2) is 42.8 Å². The Labute approximate surface area is 120 Å². The second-order valence-electron chi connectivity index (χ2n) is 5.82. The summed E-state index contributed by atoms with van der Waals surface area (Å²) in [6.07, 6.45) is 1.62. The Morgan fingerprint density at radius 1 is 1.35 bits per heavy atom. The Morgan fingerprint density at radius 2 is 2.05 bits per heavy atom. The molecule has 116 valence electrons. The number of carboxylic acids is 1. The number of carbonyl (C=O) groups excluding carboxylic acids is 1. The first kappa shape index (κ1) is 16.9. The molecule has 6 heteroatoms. The first-order chi connectivity index (χ1) is 9.41. The van der Waals surface area contributed by atoms with Crippen molar-refractivity contribution in [2.75, 3.05) is 19.8 Å². The predicted octanol–water partition coefficient (Wildman–Crippen LogP) is 0.603. The van der Waals surface area contributed by atoms with Crippen LogP contribution in [0.1, 0.15) is 33.1 Å². The van der Waals surface area contributed by atoms with Crippen LogP contribution in [0.2, 0.25) is 0 Å². The van der Waals surface area contributed by atoms with Gasteiger partial charge in [-0.15, -0.1) is 0 Å². The molecule has 1 aliphatic rings. The van der Waals surface area contributed by atoms with Crippen molar-refractivity contribution in [2.45, 2.75) is 39.2 Å². The molecule has 1 amide bonds. The van der Waals surface area contributed by atoms with Crippen LogP contribution in [-0.2, 0) is 14.3 Å². The summed E-state index contributed by atoms with van der Waals surface area (Å²) in [5, 5.41) is 11.6. The molecule has 0 aromatic carbocycles. The van der Waals surface area contributed by atoms with Gasteiger partial charge in [0, 0.05) is 19.0 Å². The van der Waals surface area contributed by atoms with Gasteiger partial charge < -0.3 is 20.9 Å². The molecule has 1 aliphatic heterocycles. The molecule has 1 rings (SSSR count). The molecule has 1 heterocycles. The van der Waals surface area contributed by atoms with Gasteiger partial charge in [0.15, 0.2) is 0 Å². The number of aliphatic carboxylic acids is 1. The summed E-state index contributed by atoms with van der Waals surface area (Å²) >= 11 is 0. The van der Waals surface area contributed by atoms with E-state index in [4.69, 9.17) is 15.6 Å². The molecule has 20 heavy (non-hydrogen) atoms. The quantitative estimate of drug-likeness (QED) is 0.606. The van der Waals surface area contributed by atoms with Gasteiger partial charge in [-0.2, -0.15) is 0 Å². The number of nitrogens with two attached hydrogens (primary N) is 1. The fourth-order valence-corrected chi connectivity index (χ4v) is 2.47. The van der Waals surface area contributed by atoms with Gasteiger partial charge in [0.05, 0.1) is 19.1 Å². The zero-order valence-corrected chi connectivity index (χ0v) is 12.3. The van der Waals surface area contributed by atoms with Crippen LogP contribution in [0.25, 0.3) is 0 Å². The van der Waals surface area contributed by atoms with E-state index in [1.807, 2.05) is 0 Å². The van der Waals surface area contributed by atoms with Crippen LogP contribution in [0, 0.1) is 17.8 Å². The average Bonchev–Trinajstić information content (AvgIpc) is 2.78. The maximum atomic E-state index is 11.9. The van der Waals surface area contributed by atoms with Crippen molar-refractivity contribution >= 4 is 11.9 Å². The zero-order valence-electron chi connectivity index (χ0n) is 12.3. The van der Waals surface area contributed by atoms with E-state index in [1.165, 1.54) is 0 Å². The van der Waals surface area contributed by atoms with Crippen LogP contribution in [0.5, 0.6) is 0 Å². The lowest BCUT2D eigenvalue weighted by atomic mass is 9.88. The van der Waals surface area contributed by atoms with E-state index >= 15 is 0 Å². The molecule has 0 radical (unpaired) electrons. The molecule has 3 atom stereocenters. The van der Waals surface area contributed by atoms with E-state index in [9.17, 15) is 9.59 Å². The van der Waals surface area contributed by atoms with Gasteiger partial charge in [0.25, 0.3) is 0 Å². The van der Waals surface area contributed by atoms with Crippen LogP contribution in [0.3, 0.4) is 0 Å². The van der Waals surface area contributed by atoms with Crippen molar-refractivity contribution in [3.63, 3.8) is 0 Å². The van der Waals surface area contributed by atoms with E-state index in [-0.39, 0.29) is 24.3 Å². The normalized spacial score (nSPS) is 23.8. The standard InChI is InChI=1S/C14H26N2O4/c1-9(2)10(3-4-13(17)18)5-6-16-14(19)11-7-20-8-12(11)15/h9-12H,3-8,15H2,1-2H3,(H,16,19)(H,17,18). The second kappa shape index (κ2) is 8.21. The van der Waals surface area contributed by atoms with Gasteiger partial charge in [-0.3, -0.25) is 9.59 Å². The molecule has 0 saturated carbocycles. The largest absolute Gasteiger partial charge is 0.481 e. The van der Waals surface area contributed by atoms with E-state index in [2.05, 4.69) is 19.2 Å². The van der Waals surface area contributed by atoms with E-state index in [1.54, 1.807) is 0 Å². The van der Waals surface area contributed by atoms with Crippen molar-refractivity contribution in [1.29, 1.82) is 0 Å².